The third kappa shape index (κ3) is 4.30. The van der Waals surface area contributed by atoms with Gasteiger partial charge in [0.15, 0.2) is 6.29 Å². The fourth-order valence-electron chi connectivity index (χ4n) is 4.59. The number of hydrogen-bond donors (Lipinski definition) is 0. The first-order valence-corrected chi connectivity index (χ1v) is 10.6. The van der Waals surface area contributed by atoms with E-state index in [1.54, 1.807) is 19.1 Å². The van der Waals surface area contributed by atoms with Crippen molar-refractivity contribution in [2.45, 2.75) is 32.2 Å². The van der Waals surface area contributed by atoms with Crippen LogP contribution < -0.4 is 9.80 Å². The molecule has 0 N–H and O–H groups in total. The van der Waals surface area contributed by atoms with Gasteiger partial charge in [-0.15, -0.1) is 0 Å². The van der Waals surface area contributed by atoms with Crippen molar-refractivity contribution in [3.05, 3.63) is 59.7 Å². The zero-order valence-electron chi connectivity index (χ0n) is 17.8. The van der Waals surface area contributed by atoms with Crippen LogP contribution in [0.1, 0.15) is 24.0 Å². The van der Waals surface area contributed by atoms with Gasteiger partial charge in [-0.3, -0.25) is 4.90 Å². The Bertz CT molecular complexity index is 846. The minimum Gasteiger partial charge on any atom is -0.444 e. The highest BCUT2D eigenvalue weighted by atomic mass is 16.7. The van der Waals surface area contributed by atoms with E-state index in [1.807, 2.05) is 42.5 Å². The molecule has 2 aliphatic heterocycles. The molecule has 1 amide bonds. The van der Waals surface area contributed by atoms with Gasteiger partial charge in [0.1, 0.15) is 6.61 Å². The van der Waals surface area contributed by atoms with Gasteiger partial charge in [-0.2, -0.15) is 0 Å². The van der Waals surface area contributed by atoms with Gasteiger partial charge < -0.3 is 19.1 Å². The molecular formula is C24H30N2O4. The number of rotatable bonds is 6. The van der Waals surface area contributed by atoms with E-state index in [0.717, 1.165) is 43.6 Å². The van der Waals surface area contributed by atoms with Crippen LogP contribution in [0.5, 0.6) is 0 Å². The van der Waals surface area contributed by atoms with Crippen LogP contribution in [0.15, 0.2) is 48.5 Å². The van der Waals surface area contributed by atoms with Crippen molar-refractivity contribution in [1.82, 2.24) is 0 Å². The van der Waals surface area contributed by atoms with Crippen LogP contribution in [0.25, 0.3) is 0 Å². The average Bonchev–Trinajstić information content (AvgIpc) is 3.24. The molecule has 1 fully saturated rings. The van der Waals surface area contributed by atoms with Crippen molar-refractivity contribution in [1.29, 1.82) is 0 Å². The fraction of sp³-hybridized carbons (Fsp3) is 0.458. The molecule has 0 saturated carbocycles. The van der Waals surface area contributed by atoms with Crippen LogP contribution in [0.4, 0.5) is 16.2 Å². The number of nitrogens with zero attached hydrogens (tertiary/aromatic N) is 2. The lowest BCUT2D eigenvalue weighted by Crippen LogP contribution is -2.39. The summed E-state index contributed by atoms with van der Waals surface area (Å²) in [6, 6.07) is 16.0. The first-order valence-electron chi connectivity index (χ1n) is 10.6. The summed E-state index contributed by atoms with van der Waals surface area (Å²) >= 11 is 0. The third-order valence-electron chi connectivity index (χ3n) is 6.16. The molecule has 160 valence electrons. The van der Waals surface area contributed by atoms with Gasteiger partial charge in [-0.05, 0) is 37.0 Å². The normalized spacial score (nSPS) is 16.8. The van der Waals surface area contributed by atoms with E-state index in [4.69, 9.17) is 14.2 Å². The van der Waals surface area contributed by atoms with Crippen molar-refractivity contribution >= 4 is 17.5 Å². The Hall–Kier alpha value is -2.57. The molecule has 2 aromatic carbocycles. The highest BCUT2D eigenvalue weighted by molar-refractivity contribution is 5.92. The molecule has 0 bridgehead atoms. The van der Waals surface area contributed by atoms with E-state index in [-0.39, 0.29) is 12.4 Å². The van der Waals surface area contributed by atoms with E-state index in [0.29, 0.717) is 19.1 Å². The fourth-order valence-corrected chi connectivity index (χ4v) is 4.59. The second kappa shape index (κ2) is 9.49. The topological polar surface area (TPSA) is 51.2 Å². The van der Waals surface area contributed by atoms with E-state index < -0.39 is 0 Å². The maximum atomic E-state index is 12.7. The summed E-state index contributed by atoms with van der Waals surface area (Å²) in [4.78, 5) is 16.9. The molecule has 2 heterocycles. The first kappa shape index (κ1) is 20.7. The highest BCUT2D eigenvalue weighted by Crippen LogP contribution is 2.38. The molecule has 0 atom stereocenters. The van der Waals surface area contributed by atoms with Gasteiger partial charge in [-0.25, -0.2) is 4.79 Å². The molecule has 0 spiro atoms. The molecule has 0 radical (unpaired) electrons. The number of methoxy groups -OCH3 is 2. The maximum absolute atomic E-state index is 12.7. The zero-order valence-corrected chi connectivity index (χ0v) is 17.8. The van der Waals surface area contributed by atoms with E-state index in [9.17, 15) is 4.79 Å². The number of fused-ring (bicyclic) bond motifs is 1. The lowest BCUT2D eigenvalue weighted by atomic mass is 9.95. The zero-order chi connectivity index (χ0) is 20.9. The molecule has 30 heavy (non-hydrogen) atoms. The van der Waals surface area contributed by atoms with Crippen LogP contribution >= 0.6 is 0 Å². The van der Waals surface area contributed by atoms with E-state index >= 15 is 0 Å². The molecule has 0 unspecified atom stereocenters. The molecule has 6 nitrogen and oxygen atoms in total. The van der Waals surface area contributed by atoms with Crippen molar-refractivity contribution in [2.75, 3.05) is 43.7 Å². The maximum Gasteiger partial charge on any atom is 0.414 e. The summed E-state index contributed by atoms with van der Waals surface area (Å²) in [5, 5.41) is 0. The number of carbonyl (C=O) groups excluding carboxylic acids is 1. The number of anilines is 2. The summed E-state index contributed by atoms with van der Waals surface area (Å²) in [7, 11) is 3.41. The van der Waals surface area contributed by atoms with E-state index in [2.05, 4.69) is 11.0 Å². The van der Waals surface area contributed by atoms with Crippen LogP contribution in [0.2, 0.25) is 0 Å². The van der Waals surface area contributed by atoms with Crippen molar-refractivity contribution < 1.29 is 19.0 Å². The Labute approximate surface area is 178 Å². The number of benzene rings is 2. The van der Waals surface area contributed by atoms with Crippen LogP contribution in [0, 0.1) is 5.92 Å². The van der Waals surface area contributed by atoms with E-state index in [1.165, 1.54) is 11.3 Å². The number of carbonyl (C=O) groups is 1. The Balaban J connectivity index is 1.42. The Morgan fingerprint density at radius 3 is 2.37 bits per heavy atom. The lowest BCUT2D eigenvalue weighted by molar-refractivity contribution is -0.141. The average molecular weight is 411 g/mol. The predicted molar refractivity (Wildman–Crippen MR) is 117 cm³/mol. The molecular weight excluding hydrogens is 380 g/mol. The quantitative estimate of drug-likeness (QED) is 0.668. The summed E-state index contributed by atoms with van der Waals surface area (Å²) < 4.78 is 16.5. The van der Waals surface area contributed by atoms with Crippen molar-refractivity contribution in [3.8, 4) is 0 Å². The molecule has 1 saturated heterocycles. The highest BCUT2D eigenvalue weighted by Gasteiger charge is 2.31. The number of hydrogen-bond acceptors (Lipinski definition) is 5. The Morgan fingerprint density at radius 2 is 1.67 bits per heavy atom. The monoisotopic (exact) mass is 410 g/mol. The Morgan fingerprint density at radius 1 is 0.967 bits per heavy atom. The van der Waals surface area contributed by atoms with Gasteiger partial charge >= 0.3 is 6.09 Å². The number of ether oxygens (including phenoxy) is 3. The van der Waals surface area contributed by atoms with Gasteiger partial charge in [0.2, 0.25) is 0 Å². The molecule has 4 rings (SSSR count). The summed E-state index contributed by atoms with van der Waals surface area (Å²) in [5.41, 5.74) is 4.44. The van der Waals surface area contributed by atoms with Crippen LogP contribution in [-0.4, -0.2) is 46.2 Å². The molecule has 2 aliphatic rings. The number of amides is 1. The van der Waals surface area contributed by atoms with Gasteiger partial charge in [0, 0.05) is 51.0 Å². The summed E-state index contributed by atoms with van der Waals surface area (Å²) in [6.45, 7) is 2.87. The molecule has 6 heteroatoms. The first-order chi connectivity index (χ1) is 14.7. The third-order valence-corrected chi connectivity index (χ3v) is 6.16. The van der Waals surface area contributed by atoms with Crippen molar-refractivity contribution in [3.63, 3.8) is 0 Å². The summed E-state index contributed by atoms with van der Waals surface area (Å²) in [5.74, 6) is 0.414. The second-order valence-corrected chi connectivity index (χ2v) is 7.88. The lowest BCUT2D eigenvalue weighted by Gasteiger charge is -2.37. The van der Waals surface area contributed by atoms with Crippen LogP contribution in [-0.2, 0) is 27.2 Å². The minimum atomic E-state index is -0.281. The second-order valence-electron chi connectivity index (χ2n) is 7.88. The molecule has 2 aromatic rings. The van der Waals surface area contributed by atoms with Gasteiger partial charge in [0.05, 0.1) is 5.69 Å². The SMILES string of the molecule is COC(OC)C1CCN(c2cccc3c2CCN3C(=O)OCc2ccccc2)CC1. The predicted octanol–water partition coefficient (Wildman–Crippen LogP) is 4.22. The molecule has 0 aromatic heterocycles. The minimum absolute atomic E-state index is 0.136. The van der Waals surface area contributed by atoms with Gasteiger partial charge in [-0.1, -0.05) is 36.4 Å². The van der Waals surface area contributed by atoms with Crippen molar-refractivity contribution in [2.24, 2.45) is 5.92 Å². The summed E-state index contributed by atoms with van der Waals surface area (Å²) in [6.07, 6.45) is 2.49. The molecule has 0 aliphatic carbocycles. The largest absolute Gasteiger partial charge is 0.444 e. The standard InChI is InChI=1S/C24H30N2O4/c1-28-23(29-2)19-11-14-25(15-12-19)21-9-6-10-22-20(21)13-16-26(22)24(27)30-17-18-7-4-3-5-8-18/h3-10,19,23H,11-17H2,1-2H3. The smallest absolute Gasteiger partial charge is 0.414 e. The number of piperidine rings is 1. The van der Waals surface area contributed by atoms with Gasteiger partial charge in [0.25, 0.3) is 0 Å². The van der Waals surface area contributed by atoms with Crippen LogP contribution in [0.3, 0.4) is 0 Å². The Kier molecular flexibility index (Phi) is 6.55.